The van der Waals surface area contributed by atoms with Crippen LogP contribution >= 0.6 is 0 Å². The van der Waals surface area contributed by atoms with E-state index in [0.29, 0.717) is 30.5 Å². The molecule has 2 atom stereocenters. The SMILES string of the molecule is O=C(CCC(CCc1ccccc1)c1ccccc1)CCC(CCc1ccccc1)c1ccccc1. The second kappa shape index (κ2) is 14.2. The van der Waals surface area contributed by atoms with Crippen LogP contribution in [-0.2, 0) is 17.6 Å². The minimum atomic E-state index is 0.399. The lowest BCUT2D eigenvalue weighted by molar-refractivity contribution is -0.119. The predicted molar refractivity (Wildman–Crippen MR) is 151 cm³/mol. The van der Waals surface area contributed by atoms with Gasteiger partial charge in [-0.2, -0.15) is 0 Å². The van der Waals surface area contributed by atoms with E-state index in [2.05, 4.69) is 121 Å². The number of ketones is 1. The molecular formula is C35H38O. The van der Waals surface area contributed by atoms with E-state index >= 15 is 0 Å². The fraction of sp³-hybridized carbons (Fsp3) is 0.286. The van der Waals surface area contributed by atoms with Gasteiger partial charge in [-0.15, -0.1) is 0 Å². The van der Waals surface area contributed by atoms with Gasteiger partial charge in [0, 0.05) is 12.8 Å². The molecule has 0 saturated carbocycles. The van der Waals surface area contributed by atoms with E-state index in [9.17, 15) is 4.79 Å². The summed E-state index contributed by atoms with van der Waals surface area (Å²) in [4.78, 5) is 13.1. The Hall–Kier alpha value is -3.45. The molecule has 0 aliphatic rings. The van der Waals surface area contributed by atoms with Gasteiger partial charge < -0.3 is 0 Å². The van der Waals surface area contributed by atoms with Crippen LogP contribution in [0.15, 0.2) is 121 Å². The van der Waals surface area contributed by atoms with Crippen LogP contribution in [0.25, 0.3) is 0 Å². The Kier molecular flexibility index (Phi) is 10.1. The summed E-state index contributed by atoms with van der Waals surface area (Å²) in [5.41, 5.74) is 5.44. The lowest BCUT2D eigenvalue weighted by atomic mass is 9.85. The maximum atomic E-state index is 13.1. The maximum Gasteiger partial charge on any atom is 0.132 e. The van der Waals surface area contributed by atoms with E-state index in [0.717, 1.165) is 38.5 Å². The van der Waals surface area contributed by atoms with E-state index in [1.54, 1.807) is 0 Å². The third-order valence-corrected chi connectivity index (χ3v) is 7.33. The van der Waals surface area contributed by atoms with E-state index in [-0.39, 0.29) is 0 Å². The number of rotatable bonds is 14. The highest BCUT2D eigenvalue weighted by Crippen LogP contribution is 2.30. The predicted octanol–water partition coefficient (Wildman–Crippen LogP) is 8.95. The van der Waals surface area contributed by atoms with Crippen molar-refractivity contribution in [3.05, 3.63) is 144 Å². The van der Waals surface area contributed by atoms with Crippen molar-refractivity contribution in [2.75, 3.05) is 0 Å². The van der Waals surface area contributed by atoms with Crippen molar-refractivity contribution in [2.45, 2.75) is 63.2 Å². The molecule has 0 fully saturated rings. The molecule has 0 amide bonds. The largest absolute Gasteiger partial charge is 0.300 e. The molecule has 0 aromatic heterocycles. The number of carbonyl (C=O) groups excluding carboxylic acids is 1. The first-order valence-electron chi connectivity index (χ1n) is 13.5. The molecule has 36 heavy (non-hydrogen) atoms. The lowest BCUT2D eigenvalue weighted by Crippen LogP contribution is -2.08. The topological polar surface area (TPSA) is 17.1 Å². The fourth-order valence-electron chi connectivity index (χ4n) is 5.17. The summed E-state index contributed by atoms with van der Waals surface area (Å²) in [5.74, 6) is 1.23. The van der Waals surface area contributed by atoms with Gasteiger partial charge >= 0.3 is 0 Å². The number of Topliss-reactive ketones (excluding diaryl/α,β-unsaturated/α-hetero) is 1. The van der Waals surface area contributed by atoms with E-state index < -0.39 is 0 Å². The molecule has 0 N–H and O–H groups in total. The van der Waals surface area contributed by atoms with Crippen LogP contribution in [0.3, 0.4) is 0 Å². The average molecular weight is 475 g/mol. The molecule has 2 unspecified atom stereocenters. The molecule has 184 valence electrons. The quantitative estimate of drug-likeness (QED) is 0.178. The van der Waals surface area contributed by atoms with E-state index in [1.165, 1.54) is 22.3 Å². The van der Waals surface area contributed by atoms with Crippen molar-refractivity contribution in [3.8, 4) is 0 Å². The maximum absolute atomic E-state index is 13.1. The van der Waals surface area contributed by atoms with Crippen LogP contribution in [0.4, 0.5) is 0 Å². The Morgan fingerprint density at radius 3 is 1.14 bits per heavy atom. The minimum absolute atomic E-state index is 0.399. The summed E-state index contributed by atoms with van der Waals surface area (Å²) in [5, 5.41) is 0. The van der Waals surface area contributed by atoms with Crippen LogP contribution in [0, 0.1) is 0 Å². The molecule has 0 aliphatic heterocycles. The third kappa shape index (κ3) is 8.34. The third-order valence-electron chi connectivity index (χ3n) is 7.33. The average Bonchev–Trinajstić information content (AvgIpc) is 2.95. The number of hydrogen-bond acceptors (Lipinski definition) is 1. The van der Waals surface area contributed by atoms with Crippen molar-refractivity contribution in [2.24, 2.45) is 0 Å². The van der Waals surface area contributed by atoms with Crippen molar-refractivity contribution >= 4 is 5.78 Å². The van der Waals surface area contributed by atoms with E-state index in [4.69, 9.17) is 0 Å². The molecule has 0 radical (unpaired) electrons. The van der Waals surface area contributed by atoms with E-state index in [1.807, 2.05) is 0 Å². The molecule has 0 bridgehead atoms. The molecule has 1 nitrogen and oxygen atoms in total. The summed E-state index contributed by atoms with van der Waals surface area (Å²) in [7, 11) is 0. The number of carbonyl (C=O) groups is 1. The van der Waals surface area contributed by atoms with Crippen molar-refractivity contribution in [1.82, 2.24) is 0 Å². The summed E-state index contributed by atoms with van der Waals surface area (Å²) >= 11 is 0. The zero-order valence-corrected chi connectivity index (χ0v) is 21.3. The van der Waals surface area contributed by atoms with Gasteiger partial charge in [-0.05, 0) is 72.6 Å². The van der Waals surface area contributed by atoms with Crippen molar-refractivity contribution < 1.29 is 4.79 Å². The highest BCUT2D eigenvalue weighted by molar-refractivity contribution is 5.78. The van der Waals surface area contributed by atoms with Gasteiger partial charge in [0.05, 0.1) is 0 Å². The standard InChI is InChI=1S/C35H38O/c36-35(27-25-33(31-17-9-3-10-18-31)23-21-29-13-5-1-6-14-29)28-26-34(32-19-11-4-12-20-32)24-22-30-15-7-2-8-16-30/h1-20,33-34H,21-28H2. The highest BCUT2D eigenvalue weighted by atomic mass is 16.1. The van der Waals surface area contributed by atoms with Crippen LogP contribution < -0.4 is 0 Å². The van der Waals surface area contributed by atoms with Crippen LogP contribution in [0.1, 0.15) is 72.6 Å². The first kappa shape index (κ1) is 25.6. The van der Waals surface area contributed by atoms with Gasteiger partial charge in [0.15, 0.2) is 0 Å². The van der Waals surface area contributed by atoms with Gasteiger partial charge in [-0.3, -0.25) is 4.79 Å². The number of aryl methyl sites for hydroxylation is 2. The molecule has 4 aromatic rings. The van der Waals surface area contributed by atoms with Crippen molar-refractivity contribution in [1.29, 1.82) is 0 Å². The Bertz CT molecular complexity index is 1040. The molecule has 4 aromatic carbocycles. The van der Waals surface area contributed by atoms with Gasteiger partial charge in [0.2, 0.25) is 0 Å². The number of benzene rings is 4. The lowest BCUT2D eigenvalue weighted by Gasteiger charge is -2.19. The van der Waals surface area contributed by atoms with Gasteiger partial charge in [0.25, 0.3) is 0 Å². The first-order valence-corrected chi connectivity index (χ1v) is 13.5. The van der Waals surface area contributed by atoms with Crippen LogP contribution in [0.2, 0.25) is 0 Å². The van der Waals surface area contributed by atoms with Gasteiger partial charge in [-0.1, -0.05) is 121 Å². The Balaban J connectivity index is 1.32. The smallest absolute Gasteiger partial charge is 0.132 e. The second-order valence-corrected chi connectivity index (χ2v) is 9.88. The summed E-state index contributed by atoms with van der Waals surface area (Å²) in [6, 6.07) is 42.8. The first-order chi connectivity index (χ1) is 17.8. The zero-order valence-electron chi connectivity index (χ0n) is 21.3. The number of hydrogen-bond donors (Lipinski definition) is 0. The normalized spacial score (nSPS) is 12.7. The monoisotopic (exact) mass is 474 g/mol. The summed E-state index contributed by atoms with van der Waals surface area (Å²) < 4.78 is 0. The molecule has 4 rings (SSSR count). The summed E-state index contributed by atoms with van der Waals surface area (Å²) in [6.45, 7) is 0. The molecule has 0 spiro atoms. The highest BCUT2D eigenvalue weighted by Gasteiger charge is 2.17. The fourth-order valence-corrected chi connectivity index (χ4v) is 5.17. The zero-order chi connectivity index (χ0) is 24.8. The molecular weight excluding hydrogens is 436 g/mol. The van der Waals surface area contributed by atoms with Crippen LogP contribution in [-0.4, -0.2) is 5.78 Å². The van der Waals surface area contributed by atoms with Crippen molar-refractivity contribution in [3.63, 3.8) is 0 Å². The van der Waals surface area contributed by atoms with Gasteiger partial charge in [-0.25, -0.2) is 0 Å². The molecule has 0 heterocycles. The Morgan fingerprint density at radius 2 is 0.778 bits per heavy atom. The Morgan fingerprint density at radius 1 is 0.444 bits per heavy atom. The molecule has 1 heteroatoms. The molecule has 0 saturated heterocycles. The van der Waals surface area contributed by atoms with Crippen LogP contribution in [0.5, 0.6) is 0 Å². The van der Waals surface area contributed by atoms with Gasteiger partial charge in [0.1, 0.15) is 5.78 Å². The minimum Gasteiger partial charge on any atom is -0.300 e. The second-order valence-electron chi connectivity index (χ2n) is 9.88. The Labute approximate surface area is 217 Å². The molecule has 0 aliphatic carbocycles. The summed E-state index contributed by atoms with van der Waals surface area (Å²) in [6.07, 6.45) is 7.42.